The number of nitrogens with zero attached hydrogens (tertiary/aromatic N) is 2. The smallest absolute Gasteiger partial charge is 0.493 e. The number of hydrogen-bond acceptors (Lipinski definition) is 0. The van der Waals surface area contributed by atoms with E-state index in [0.29, 0.717) is 0 Å². The number of hydrogen-bond donors (Lipinski definition) is 0. The van der Waals surface area contributed by atoms with Gasteiger partial charge in [0.1, 0.15) is 0 Å². The Morgan fingerprint density at radius 1 is 0.349 bits per heavy atom. The molecular weight excluding hydrogens is 1130 g/mol. The van der Waals surface area contributed by atoms with E-state index in [-0.39, 0.29) is 20.4 Å². The molecule has 0 saturated carbocycles. The first kappa shape index (κ1) is 81.6. The van der Waals surface area contributed by atoms with Crippen LogP contribution in [0, 0.1) is 13.8 Å². The molecule has 2 aromatic rings. The van der Waals surface area contributed by atoms with E-state index < -0.39 is 16.1 Å². The molecule has 0 spiro atoms. The molecule has 0 fully saturated rings. The van der Waals surface area contributed by atoms with Crippen molar-refractivity contribution in [1.82, 2.24) is 0 Å². The summed E-state index contributed by atoms with van der Waals surface area (Å²) >= 11 is 0. The van der Waals surface area contributed by atoms with Gasteiger partial charge < -0.3 is 19.4 Å². The number of allylic oxidation sites excluding steroid dienone is 2. The molecule has 5 heteroatoms. The van der Waals surface area contributed by atoms with Gasteiger partial charge in [-0.25, -0.2) is 4.70 Å². The van der Waals surface area contributed by atoms with E-state index >= 15 is 0 Å². The average Bonchev–Trinajstić information content (AvgIpc) is 3.84. The molecule has 2 aromatic carbocycles. The molecule has 1 aliphatic rings. The van der Waals surface area contributed by atoms with Crippen molar-refractivity contribution in [3.63, 3.8) is 0 Å². The second kappa shape index (κ2) is 57.1. The molecule has 0 aliphatic carbocycles. The van der Waals surface area contributed by atoms with E-state index in [1.165, 1.54) is 304 Å². The van der Waals surface area contributed by atoms with Gasteiger partial charge in [-0.1, -0.05) is 373 Å². The zero-order valence-electron chi connectivity index (χ0n) is 57.4. The van der Waals surface area contributed by atoms with Crippen LogP contribution in [0.3, 0.4) is 0 Å². The van der Waals surface area contributed by atoms with Crippen molar-refractivity contribution in [3.8, 4) is 0 Å². The van der Waals surface area contributed by atoms with Crippen molar-refractivity contribution in [2.75, 3.05) is 0 Å². The second-order valence-electron chi connectivity index (χ2n) is 28.3. The first-order valence-electron chi connectivity index (χ1n) is 36.5. The standard InChI is InChI=1S/C28H40N2Si2.2C25H51.Pd/c1-8-9-14-26-19-27(24-15-10-12-22(17-24)20-31(2,3)4)30(29)28(26)25-16-11-13-23(18-25)21-32(5,6)7;2*1-3-5-7-9-11-13-15-17-19-21-23-25-24-22-20-18-16-14-12-10-8-6-4-2;/h10-13,15-19H,8-9,14,20-21H2,1-7H3;2*1,3-25H2,2H3;/q;2*-1;+2. The SMILES string of the molecule is CCCCC1=C(c2cccc(C[Si](C)(C)C)c2)[N+](=[N-])C(c2cccc(C[Si](C)(C)C)c2)=C1.[CH2-]CCCCCCCCCCCCCCCCCCCCCCCC.[CH2-]CCCCCCCCCCCCCCCCCCCCCCCC.[Pd+2]. The molecule has 0 amide bonds. The van der Waals surface area contributed by atoms with Gasteiger partial charge in [0, 0.05) is 38.9 Å². The van der Waals surface area contributed by atoms with E-state index in [1.54, 1.807) is 0 Å². The maximum absolute atomic E-state index is 11.4. The maximum atomic E-state index is 11.4. The van der Waals surface area contributed by atoms with E-state index in [4.69, 9.17) is 0 Å². The average molecular weight is 1270 g/mol. The third-order valence-electron chi connectivity index (χ3n) is 17.0. The summed E-state index contributed by atoms with van der Waals surface area (Å²) in [4.78, 5) is 0. The molecule has 0 atom stereocenters. The fraction of sp³-hybridized carbons (Fsp3) is 0.769. The van der Waals surface area contributed by atoms with Crippen LogP contribution in [0.5, 0.6) is 0 Å². The fourth-order valence-electron chi connectivity index (χ4n) is 12.1. The van der Waals surface area contributed by atoms with Crippen molar-refractivity contribution in [3.05, 3.63) is 102 Å². The van der Waals surface area contributed by atoms with Gasteiger partial charge in [-0.15, -0.1) is 0 Å². The summed E-state index contributed by atoms with van der Waals surface area (Å²) in [6, 6.07) is 19.9. The Hall–Kier alpha value is -1.38. The summed E-state index contributed by atoms with van der Waals surface area (Å²) < 4.78 is 1.45. The van der Waals surface area contributed by atoms with Gasteiger partial charge in [0.2, 0.25) is 11.4 Å². The summed E-state index contributed by atoms with van der Waals surface area (Å²) in [5.41, 5.74) is 19.5. The Balaban J connectivity index is 0.00000123. The summed E-state index contributed by atoms with van der Waals surface area (Å²) in [6.45, 7) is 29.1. The van der Waals surface area contributed by atoms with Crippen LogP contribution in [0.1, 0.15) is 358 Å². The summed E-state index contributed by atoms with van der Waals surface area (Å²) in [6.07, 6.45) is 72.1. The van der Waals surface area contributed by atoms with Gasteiger partial charge in [-0.2, -0.15) is 12.8 Å². The summed E-state index contributed by atoms with van der Waals surface area (Å²) in [5.74, 6) is 0. The Kier molecular flexibility index (Phi) is 56.1. The Morgan fingerprint density at radius 3 is 0.867 bits per heavy atom. The number of rotatable bonds is 53. The van der Waals surface area contributed by atoms with Crippen LogP contribution < -0.4 is 0 Å². The third-order valence-corrected chi connectivity index (χ3v) is 19.9. The van der Waals surface area contributed by atoms with E-state index in [9.17, 15) is 5.53 Å². The molecule has 0 unspecified atom stereocenters. The van der Waals surface area contributed by atoms with Crippen molar-refractivity contribution in [2.45, 2.75) is 387 Å². The van der Waals surface area contributed by atoms with Crippen LogP contribution in [0.4, 0.5) is 0 Å². The van der Waals surface area contributed by atoms with Crippen molar-refractivity contribution in [1.29, 1.82) is 0 Å². The number of benzene rings is 2. The third kappa shape index (κ3) is 49.2. The fourth-order valence-corrected chi connectivity index (χ4v) is 15.0. The Morgan fingerprint density at radius 2 is 0.602 bits per heavy atom. The van der Waals surface area contributed by atoms with Crippen molar-refractivity contribution in [2.24, 2.45) is 0 Å². The van der Waals surface area contributed by atoms with Gasteiger partial charge in [0.25, 0.3) is 0 Å². The quantitative estimate of drug-likeness (QED) is 0.0273. The number of unbranched alkanes of at least 4 members (excludes halogenated alkanes) is 45. The van der Waals surface area contributed by atoms with Crippen LogP contribution in [-0.2, 0) is 32.5 Å². The Labute approximate surface area is 537 Å². The summed E-state index contributed by atoms with van der Waals surface area (Å²) in [5, 5.41) is 0. The molecule has 1 aliphatic heterocycles. The van der Waals surface area contributed by atoms with Gasteiger partial charge >= 0.3 is 20.4 Å². The minimum Gasteiger partial charge on any atom is -0.493 e. The molecule has 3 rings (SSSR count). The monoisotopic (exact) mass is 1270 g/mol. The van der Waals surface area contributed by atoms with E-state index in [2.05, 4.69) is 129 Å². The topological polar surface area (TPSA) is 25.3 Å². The molecule has 0 radical (unpaired) electrons. The van der Waals surface area contributed by atoms with Gasteiger partial charge in [0.05, 0.1) is 0 Å². The van der Waals surface area contributed by atoms with Crippen LogP contribution in [0.2, 0.25) is 39.3 Å². The van der Waals surface area contributed by atoms with Crippen molar-refractivity contribution >= 4 is 27.5 Å². The van der Waals surface area contributed by atoms with Gasteiger partial charge in [-0.3, -0.25) is 0 Å². The first-order chi connectivity index (χ1) is 39.8. The normalized spacial score (nSPS) is 12.5. The van der Waals surface area contributed by atoms with Crippen molar-refractivity contribution < 1.29 is 25.1 Å². The zero-order chi connectivity index (χ0) is 60.0. The molecule has 83 heavy (non-hydrogen) atoms. The van der Waals surface area contributed by atoms with Crippen LogP contribution in [-0.4, -0.2) is 20.8 Å². The maximum Gasteiger partial charge on any atom is 2.00 e. The predicted octanol–water partition coefficient (Wildman–Crippen LogP) is 28.1. The second-order valence-corrected chi connectivity index (χ2v) is 39.2. The molecule has 2 nitrogen and oxygen atoms in total. The summed E-state index contributed by atoms with van der Waals surface area (Å²) in [7, 11) is -2.41. The molecule has 482 valence electrons. The minimum atomic E-state index is -1.21. The van der Waals surface area contributed by atoms with E-state index in [0.717, 1.165) is 66.7 Å². The molecule has 0 N–H and O–H groups in total. The molecule has 1 heterocycles. The van der Waals surface area contributed by atoms with E-state index in [1.807, 2.05) is 0 Å². The molecule has 0 saturated heterocycles. The van der Waals surface area contributed by atoms with Gasteiger partial charge in [-0.05, 0) is 60.3 Å². The predicted molar refractivity (Wildman–Crippen MR) is 379 cm³/mol. The van der Waals surface area contributed by atoms with Crippen LogP contribution in [0.15, 0.2) is 60.2 Å². The van der Waals surface area contributed by atoms with Gasteiger partial charge in [0.15, 0.2) is 0 Å². The van der Waals surface area contributed by atoms with Crippen LogP contribution in [0.25, 0.3) is 16.9 Å². The molecular formula is C78H142N2PdSi2. The minimum absolute atomic E-state index is 0. The zero-order valence-corrected chi connectivity index (χ0v) is 60.9. The molecule has 0 aromatic heterocycles. The Bertz CT molecular complexity index is 1730. The molecule has 0 bridgehead atoms. The van der Waals surface area contributed by atoms with Crippen LogP contribution >= 0.6 is 0 Å². The largest absolute Gasteiger partial charge is 2.00 e. The first-order valence-corrected chi connectivity index (χ1v) is 43.9.